The van der Waals surface area contributed by atoms with Crippen molar-refractivity contribution in [2.45, 2.75) is 50.2 Å². The average molecular weight is 334 g/mol. The van der Waals surface area contributed by atoms with Gasteiger partial charge < -0.3 is 10.2 Å². The van der Waals surface area contributed by atoms with E-state index in [0.717, 1.165) is 17.7 Å². The number of amides is 2. The molecule has 1 saturated heterocycles. The van der Waals surface area contributed by atoms with Crippen LogP contribution in [0.15, 0.2) is 23.1 Å². The maximum Gasteiger partial charge on any atom is 0.228 e. The normalized spacial score (nSPS) is 18.9. The minimum atomic E-state index is -0.221. The summed E-state index contributed by atoms with van der Waals surface area (Å²) in [6.45, 7) is 9.19. The SMILES string of the molecule is Cc1cc(SC(C)(C)C)ccc1NC(=O)[C@@H]1CCN(C)C(=O)C1. The number of rotatable bonds is 3. The third kappa shape index (κ3) is 4.99. The molecule has 0 unspecified atom stereocenters. The van der Waals surface area contributed by atoms with Gasteiger partial charge >= 0.3 is 0 Å². The smallest absolute Gasteiger partial charge is 0.228 e. The second-order valence-electron chi connectivity index (χ2n) is 7.19. The molecule has 1 atom stereocenters. The molecular weight excluding hydrogens is 308 g/mol. The molecule has 1 aliphatic rings. The maximum atomic E-state index is 12.4. The molecule has 1 aromatic carbocycles. The van der Waals surface area contributed by atoms with Crippen LogP contribution < -0.4 is 5.32 Å². The highest BCUT2D eigenvalue weighted by Gasteiger charge is 2.28. The number of thioether (sulfide) groups is 1. The number of likely N-dealkylation sites (tertiary alicyclic amines) is 1. The number of carbonyl (C=O) groups is 2. The number of anilines is 1. The quantitative estimate of drug-likeness (QED) is 0.858. The Hall–Kier alpha value is -1.49. The van der Waals surface area contributed by atoms with Gasteiger partial charge in [0.05, 0.1) is 0 Å². The van der Waals surface area contributed by atoms with Gasteiger partial charge in [-0.05, 0) is 37.1 Å². The fourth-order valence-corrected chi connectivity index (χ4v) is 3.67. The number of nitrogens with one attached hydrogen (secondary N) is 1. The van der Waals surface area contributed by atoms with Crippen LogP contribution in [0.4, 0.5) is 5.69 Å². The molecular formula is C18H26N2O2S. The Morgan fingerprint density at radius 3 is 2.61 bits per heavy atom. The van der Waals surface area contributed by atoms with E-state index >= 15 is 0 Å². The van der Waals surface area contributed by atoms with Crippen LogP contribution in [0.2, 0.25) is 0 Å². The van der Waals surface area contributed by atoms with Crippen LogP contribution in [0.3, 0.4) is 0 Å². The average Bonchev–Trinajstić information content (AvgIpc) is 2.43. The van der Waals surface area contributed by atoms with E-state index in [1.54, 1.807) is 11.9 Å². The van der Waals surface area contributed by atoms with Crippen molar-refractivity contribution in [3.05, 3.63) is 23.8 Å². The number of piperidine rings is 1. The predicted molar refractivity (Wildman–Crippen MR) is 95.8 cm³/mol. The van der Waals surface area contributed by atoms with E-state index in [-0.39, 0.29) is 22.5 Å². The lowest BCUT2D eigenvalue weighted by Crippen LogP contribution is -2.39. The van der Waals surface area contributed by atoms with E-state index in [1.807, 2.05) is 30.8 Å². The Morgan fingerprint density at radius 1 is 1.35 bits per heavy atom. The van der Waals surface area contributed by atoms with Gasteiger partial charge in [-0.3, -0.25) is 9.59 Å². The molecule has 1 aliphatic heterocycles. The molecule has 126 valence electrons. The first kappa shape index (κ1) is 17.9. The van der Waals surface area contributed by atoms with Gasteiger partial charge in [-0.15, -0.1) is 11.8 Å². The number of carbonyl (C=O) groups excluding carboxylic acids is 2. The van der Waals surface area contributed by atoms with Crippen molar-refractivity contribution in [3.8, 4) is 0 Å². The molecule has 1 fully saturated rings. The number of aryl methyl sites for hydroxylation is 1. The van der Waals surface area contributed by atoms with E-state index in [2.05, 4.69) is 32.2 Å². The molecule has 2 rings (SSSR count). The molecule has 23 heavy (non-hydrogen) atoms. The zero-order valence-corrected chi connectivity index (χ0v) is 15.4. The van der Waals surface area contributed by atoms with Crippen molar-refractivity contribution in [2.75, 3.05) is 18.9 Å². The fourth-order valence-electron chi connectivity index (χ4n) is 2.59. The van der Waals surface area contributed by atoms with Crippen LogP contribution >= 0.6 is 11.8 Å². The summed E-state index contributed by atoms with van der Waals surface area (Å²) in [6.07, 6.45) is 1.03. The highest BCUT2D eigenvalue weighted by atomic mass is 32.2. The lowest BCUT2D eigenvalue weighted by atomic mass is 9.95. The zero-order valence-electron chi connectivity index (χ0n) is 14.6. The summed E-state index contributed by atoms with van der Waals surface area (Å²) in [5, 5.41) is 2.99. The summed E-state index contributed by atoms with van der Waals surface area (Å²) < 4.78 is 0.158. The van der Waals surface area contributed by atoms with Crippen molar-refractivity contribution in [1.82, 2.24) is 4.90 Å². The molecule has 2 amide bonds. The van der Waals surface area contributed by atoms with E-state index in [9.17, 15) is 9.59 Å². The van der Waals surface area contributed by atoms with Crippen LogP contribution in [0.25, 0.3) is 0 Å². The van der Waals surface area contributed by atoms with Crippen molar-refractivity contribution >= 4 is 29.3 Å². The first-order valence-corrected chi connectivity index (χ1v) is 8.82. The second-order valence-corrected chi connectivity index (χ2v) is 9.09. The lowest BCUT2D eigenvalue weighted by molar-refractivity contribution is -0.137. The number of nitrogens with zero attached hydrogens (tertiary/aromatic N) is 1. The van der Waals surface area contributed by atoms with E-state index in [4.69, 9.17) is 0 Å². The van der Waals surface area contributed by atoms with Gasteiger partial charge in [0.1, 0.15) is 0 Å². The van der Waals surface area contributed by atoms with Crippen molar-refractivity contribution in [1.29, 1.82) is 0 Å². The van der Waals surface area contributed by atoms with Gasteiger partial charge in [-0.2, -0.15) is 0 Å². The first-order chi connectivity index (χ1) is 10.7. The van der Waals surface area contributed by atoms with E-state index in [1.165, 1.54) is 4.90 Å². The van der Waals surface area contributed by atoms with Crippen molar-refractivity contribution < 1.29 is 9.59 Å². The molecule has 1 aromatic rings. The van der Waals surface area contributed by atoms with Crippen LogP contribution in [-0.2, 0) is 9.59 Å². The minimum absolute atomic E-state index is 0.0463. The molecule has 5 heteroatoms. The minimum Gasteiger partial charge on any atom is -0.346 e. The lowest BCUT2D eigenvalue weighted by Gasteiger charge is -2.28. The summed E-state index contributed by atoms with van der Waals surface area (Å²) in [7, 11) is 1.78. The third-order valence-corrected chi connectivity index (χ3v) is 5.01. The van der Waals surface area contributed by atoms with Crippen molar-refractivity contribution in [3.63, 3.8) is 0 Å². The number of benzene rings is 1. The Morgan fingerprint density at radius 2 is 2.04 bits per heavy atom. The van der Waals surface area contributed by atoms with Crippen molar-refractivity contribution in [2.24, 2.45) is 5.92 Å². The molecule has 0 aliphatic carbocycles. The maximum absolute atomic E-state index is 12.4. The Labute approximate surface area is 143 Å². The van der Waals surface area contributed by atoms with Gasteiger partial charge in [0, 0.05) is 41.3 Å². The highest BCUT2D eigenvalue weighted by molar-refractivity contribution is 8.00. The van der Waals surface area contributed by atoms with E-state index < -0.39 is 0 Å². The molecule has 0 aromatic heterocycles. The van der Waals surface area contributed by atoms with Gasteiger partial charge in [0.15, 0.2) is 0 Å². The topological polar surface area (TPSA) is 49.4 Å². The Bertz CT molecular complexity index is 608. The predicted octanol–water partition coefficient (Wildman–Crippen LogP) is 3.69. The molecule has 1 N–H and O–H groups in total. The van der Waals surface area contributed by atoms with Gasteiger partial charge in [0.2, 0.25) is 11.8 Å². The monoisotopic (exact) mass is 334 g/mol. The summed E-state index contributed by atoms with van der Waals surface area (Å²) >= 11 is 1.81. The number of hydrogen-bond donors (Lipinski definition) is 1. The van der Waals surface area contributed by atoms with Crippen LogP contribution in [-0.4, -0.2) is 35.1 Å². The highest BCUT2D eigenvalue weighted by Crippen LogP contribution is 2.33. The first-order valence-electron chi connectivity index (χ1n) is 8.00. The third-order valence-electron chi connectivity index (χ3n) is 3.91. The summed E-state index contributed by atoms with van der Waals surface area (Å²) in [6, 6.07) is 6.10. The zero-order chi connectivity index (χ0) is 17.2. The Kier molecular flexibility index (Phi) is 5.40. The molecule has 0 radical (unpaired) electrons. The largest absolute Gasteiger partial charge is 0.346 e. The Balaban J connectivity index is 2.02. The van der Waals surface area contributed by atoms with Gasteiger partial charge in [-0.25, -0.2) is 0 Å². The van der Waals surface area contributed by atoms with Gasteiger partial charge in [0.25, 0.3) is 0 Å². The summed E-state index contributed by atoms with van der Waals surface area (Å²) in [4.78, 5) is 27.0. The summed E-state index contributed by atoms with van der Waals surface area (Å²) in [5.74, 6) is -0.224. The molecule has 0 saturated carbocycles. The fraction of sp³-hybridized carbons (Fsp3) is 0.556. The van der Waals surface area contributed by atoms with E-state index in [0.29, 0.717) is 13.0 Å². The molecule has 0 bridgehead atoms. The standard InChI is InChI=1S/C18H26N2O2S/c1-12-10-14(23-18(2,3)4)6-7-15(12)19-17(22)13-8-9-20(5)16(21)11-13/h6-7,10,13H,8-9,11H2,1-5H3,(H,19,22)/t13-/m1/s1. The van der Waals surface area contributed by atoms with Crippen LogP contribution in [0.5, 0.6) is 0 Å². The molecule has 1 heterocycles. The van der Waals surface area contributed by atoms with Crippen LogP contribution in [0, 0.1) is 12.8 Å². The second kappa shape index (κ2) is 6.95. The number of hydrogen-bond acceptors (Lipinski definition) is 3. The molecule has 4 nitrogen and oxygen atoms in total. The van der Waals surface area contributed by atoms with Crippen LogP contribution in [0.1, 0.15) is 39.2 Å². The summed E-state index contributed by atoms with van der Waals surface area (Å²) in [5.41, 5.74) is 1.88. The van der Waals surface area contributed by atoms with Gasteiger partial charge in [-0.1, -0.05) is 20.8 Å². The molecule has 0 spiro atoms.